The van der Waals surface area contributed by atoms with Crippen molar-refractivity contribution in [2.24, 2.45) is 0 Å². The van der Waals surface area contributed by atoms with Crippen molar-refractivity contribution in [2.75, 3.05) is 6.61 Å². The monoisotopic (exact) mass is 328 g/mol. The van der Waals surface area contributed by atoms with Crippen molar-refractivity contribution >= 4 is 5.97 Å². The lowest BCUT2D eigenvalue weighted by Crippen LogP contribution is -2.06. The first kappa shape index (κ1) is 15.9. The molecule has 6 heteroatoms. The van der Waals surface area contributed by atoms with E-state index < -0.39 is 17.6 Å². The molecule has 1 aromatic carbocycles. The van der Waals surface area contributed by atoms with Gasteiger partial charge in [0, 0.05) is 29.7 Å². The van der Waals surface area contributed by atoms with E-state index in [1.165, 1.54) is 6.07 Å². The molecule has 0 spiro atoms. The molecule has 2 aromatic heterocycles. The number of H-pyrrole nitrogens is 1. The Hall–Kier alpha value is -3.02. The topological polar surface area (TPSA) is 55.0 Å². The van der Waals surface area contributed by atoms with E-state index in [1.807, 2.05) is 0 Å². The maximum Gasteiger partial charge on any atom is 0.355 e. The summed E-state index contributed by atoms with van der Waals surface area (Å²) in [6.45, 7) is 1.90. The zero-order valence-electron chi connectivity index (χ0n) is 12.8. The fraction of sp³-hybridized carbons (Fsp3) is 0.111. The number of nitrogens with one attached hydrogen (secondary N) is 1. The highest BCUT2D eigenvalue weighted by Crippen LogP contribution is 2.35. The number of nitrogens with zero attached hydrogens (tertiary/aromatic N) is 1. The zero-order valence-corrected chi connectivity index (χ0v) is 12.8. The lowest BCUT2D eigenvalue weighted by atomic mass is 9.97. The molecule has 3 aromatic rings. The molecule has 24 heavy (non-hydrogen) atoms. The first-order valence-electron chi connectivity index (χ1n) is 7.36. The third-order valence-corrected chi connectivity index (χ3v) is 3.56. The predicted molar refractivity (Wildman–Crippen MR) is 85.3 cm³/mol. The highest BCUT2D eigenvalue weighted by molar-refractivity contribution is 6.01. The molecule has 0 bridgehead atoms. The molecule has 0 atom stereocenters. The number of pyridine rings is 1. The molecule has 1 N–H and O–H groups in total. The van der Waals surface area contributed by atoms with Gasteiger partial charge in [-0.15, -0.1) is 0 Å². The van der Waals surface area contributed by atoms with Crippen LogP contribution in [-0.4, -0.2) is 22.5 Å². The zero-order chi connectivity index (χ0) is 17.1. The molecule has 0 aliphatic rings. The van der Waals surface area contributed by atoms with Crippen LogP contribution in [0.5, 0.6) is 0 Å². The smallest absolute Gasteiger partial charge is 0.355 e. The first-order chi connectivity index (χ1) is 11.6. The number of ether oxygens (including phenoxy) is 1. The average molecular weight is 328 g/mol. The number of carbonyl (C=O) groups is 1. The maximum atomic E-state index is 13.7. The minimum absolute atomic E-state index is 0.190. The Labute approximate surface area is 137 Å². The van der Waals surface area contributed by atoms with Crippen LogP contribution >= 0.6 is 0 Å². The highest BCUT2D eigenvalue weighted by Gasteiger charge is 2.21. The third kappa shape index (κ3) is 2.90. The number of hydrogen-bond donors (Lipinski definition) is 1. The van der Waals surface area contributed by atoms with Gasteiger partial charge in [-0.05, 0) is 42.3 Å². The Morgan fingerprint density at radius 1 is 1.12 bits per heavy atom. The van der Waals surface area contributed by atoms with E-state index in [9.17, 15) is 13.6 Å². The maximum absolute atomic E-state index is 13.7. The number of rotatable bonds is 4. The molecule has 0 amide bonds. The van der Waals surface area contributed by atoms with Gasteiger partial charge in [0.15, 0.2) is 11.6 Å². The summed E-state index contributed by atoms with van der Waals surface area (Å²) in [5.74, 6) is -2.49. The lowest BCUT2D eigenvalue weighted by molar-refractivity contribution is 0.0521. The molecule has 0 radical (unpaired) electrons. The molecule has 2 heterocycles. The molecule has 0 unspecified atom stereocenters. The van der Waals surface area contributed by atoms with Crippen LogP contribution in [0, 0.1) is 11.6 Å². The van der Waals surface area contributed by atoms with E-state index in [1.54, 1.807) is 37.6 Å². The van der Waals surface area contributed by atoms with Crippen LogP contribution in [0.3, 0.4) is 0 Å². The summed E-state index contributed by atoms with van der Waals surface area (Å²) in [7, 11) is 0. The van der Waals surface area contributed by atoms with Crippen molar-refractivity contribution in [3.63, 3.8) is 0 Å². The largest absolute Gasteiger partial charge is 0.461 e. The van der Waals surface area contributed by atoms with Crippen LogP contribution in [0.4, 0.5) is 8.78 Å². The number of halogens is 2. The number of carbonyl (C=O) groups excluding carboxylic acids is 1. The standard InChI is InChI=1S/C18H14F2N2O2/c1-2-24-18(23)17-16(12-3-4-14(19)15(20)9-12)13(10-22-17)11-5-7-21-8-6-11/h3-10,22H,2H2,1H3. The summed E-state index contributed by atoms with van der Waals surface area (Å²) in [4.78, 5) is 19.0. The van der Waals surface area contributed by atoms with Crippen LogP contribution in [0.15, 0.2) is 48.9 Å². The Kier molecular flexibility index (Phi) is 4.37. The van der Waals surface area contributed by atoms with Gasteiger partial charge in [-0.3, -0.25) is 4.98 Å². The first-order valence-corrected chi connectivity index (χ1v) is 7.36. The van der Waals surface area contributed by atoms with E-state index in [0.29, 0.717) is 16.7 Å². The second kappa shape index (κ2) is 6.62. The SMILES string of the molecule is CCOC(=O)c1[nH]cc(-c2ccncc2)c1-c1ccc(F)c(F)c1. The molecule has 122 valence electrons. The van der Waals surface area contributed by atoms with Crippen LogP contribution in [0.2, 0.25) is 0 Å². The molecule has 0 saturated heterocycles. The van der Waals surface area contributed by atoms with E-state index in [-0.39, 0.29) is 12.3 Å². The van der Waals surface area contributed by atoms with Crippen molar-refractivity contribution in [3.8, 4) is 22.3 Å². The van der Waals surface area contributed by atoms with Crippen LogP contribution in [-0.2, 0) is 4.74 Å². The average Bonchev–Trinajstić information content (AvgIpc) is 3.03. The lowest BCUT2D eigenvalue weighted by Gasteiger charge is -2.08. The van der Waals surface area contributed by atoms with Gasteiger partial charge in [-0.25, -0.2) is 13.6 Å². The Morgan fingerprint density at radius 3 is 2.54 bits per heavy atom. The van der Waals surface area contributed by atoms with Crippen LogP contribution < -0.4 is 0 Å². The number of aromatic nitrogens is 2. The molecule has 0 aliphatic heterocycles. The Balaban J connectivity index is 2.21. The van der Waals surface area contributed by atoms with Gasteiger partial charge >= 0.3 is 5.97 Å². The normalized spacial score (nSPS) is 10.6. The third-order valence-electron chi connectivity index (χ3n) is 3.56. The molecule has 0 aliphatic carbocycles. The number of aromatic amines is 1. The van der Waals surface area contributed by atoms with Gasteiger partial charge < -0.3 is 9.72 Å². The molecule has 0 saturated carbocycles. The fourth-order valence-corrected chi connectivity index (χ4v) is 2.50. The second-order valence-corrected chi connectivity index (χ2v) is 5.04. The van der Waals surface area contributed by atoms with Crippen molar-refractivity contribution in [2.45, 2.75) is 6.92 Å². The van der Waals surface area contributed by atoms with Crippen molar-refractivity contribution < 1.29 is 18.3 Å². The van der Waals surface area contributed by atoms with E-state index in [2.05, 4.69) is 9.97 Å². The van der Waals surface area contributed by atoms with E-state index in [0.717, 1.165) is 17.7 Å². The summed E-state index contributed by atoms with van der Waals surface area (Å²) < 4.78 is 32.0. The molecule has 0 fully saturated rings. The second-order valence-electron chi connectivity index (χ2n) is 5.04. The molecular weight excluding hydrogens is 314 g/mol. The molecule has 3 rings (SSSR count). The van der Waals surface area contributed by atoms with Crippen molar-refractivity contribution in [1.82, 2.24) is 9.97 Å². The number of benzene rings is 1. The molecule has 4 nitrogen and oxygen atoms in total. The predicted octanol–water partition coefficient (Wildman–Crippen LogP) is 4.20. The van der Waals surface area contributed by atoms with E-state index in [4.69, 9.17) is 4.74 Å². The highest BCUT2D eigenvalue weighted by atomic mass is 19.2. The quantitative estimate of drug-likeness (QED) is 0.730. The van der Waals surface area contributed by atoms with Gasteiger partial charge in [0.1, 0.15) is 5.69 Å². The van der Waals surface area contributed by atoms with Gasteiger partial charge in [0.2, 0.25) is 0 Å². The van der Waals surface area contributed by atoms with Crippen LogP contribution in [0.1, 0.15) is 17.4 Å². The van der Waals surface area contributed by atoms with Crippen molar-refractivity contribution in [3.05, 3.63) is 66.3 Å². The fourth-order valence-electron chi connectivity index (χ4n) is 2.50. The van der Waals surface area contributed by atoms with Gasteiger partial charge in [0.05, 0.1) is 6.61 Å². The van der Waals surface area contributed by atoms with Gasteiger partial charge in [0.25, 0.3) is 0 Å². The van der Waals surface area contributed by atoms with Gasteiger partial charge in [-0.2, -0.15) is 0 Å². The number of hydrogen-bond acceptors (Lipinski definition) is 3. The summed E-state index contributed by atoms with van der Waals surface area (Å²) in [5.41, 5.74) is 2.49. The van der Waals surface area contributed by atoms with Crippen LogP contribution in [0.25, 0.3) is 22.3 Å². The minimum atomic E-state index is -0.982. The molecular formula is C18H14F2N2O2. The number of esters is 1. The summed E-state index contributed by atoms with van der Waals surface area (Å²) in [6.07, 6.45) is 4.86. The summed E-state index contributed by atoms with van der Waals surface area (Å²) >= 11 is 0. The Morgan fingerprint density at radius 2 is 1.88 bits per heavy atom. The Bertz CT molecular complexity index is 876. The van der Waals surface area contributed by atoms with Gasteiger partial charge in [-0.1, -0.05) is 6.07 Å². The summed E-state index contributed by atoms with van der Waals surface area (Å²) in [6, 6.07) is 7.05. The minimum Gasteiger partial charge on any atom is -0.461 e. The summed E-state index contributed by atoms with van der Waals surface area (Å²) in [5, 5.41) is 0. The van der Waals surface area contributed by atoms with Crippen molar-refractivity contribution in [1.29, 1.82) is 0 Å². The van der Waals surface area contributed by atoms with E-state index >= 15 is 0 Å².